The van der Waals surface area contributed by atoms with Gasteiger partial charge in [0.15, 0.2) is 0 Å². The fourth-order valence-electron chi connectivity index (χ4n) is 1.88. The molecule has 0 aliphatic rings. The van der Waals surface area contributed by atoms with Crippen molar-refractivity contribution in [1.82, 2.24) is 5.32 Å². The molecule has 0 aromatic heterocycles. The van der Waals surface area contributed by atoms with Crippen LogP contribution in [0.2, 0.25) is 0 Å². The number of aliphatic carboxylic acids is 1. The Labute approximate surface area is 129 Å². The van der Waals surface area contributed by atoms with Crippen molar-refractivity contribution in [2.45, 2.75) is 38.6 Å². The van der Waals surface area contributed by atoms with Crippen molar-refractivity contribution in [3.05, 3.63) is 29.8 Å². The molecule has 120 valence electrons. The van der Waals surface area contributed by atoms with E-state index < -0.39 is 12.0 Å². The first kappa shape index (κ1) is 17.7. The molecule has 1 unspecified atom stereocenters. The van der Waals surface area contributed by atoms with Crippen LogP contribution in [0.25, 0.3) is 0 Å². The number of hydrogen-bond acceptors (Lipinski definition) is 4. The predicted molar refractivity (Wildman–Crippen MR) is 81.0 cm³/mol. The van der Waals surface area contributed by atoms with Gasteiger partial charge < -0.3 is 15.2 Å². The van der Waals surface area contributed by atoms with E-state index in [1.807, 2.05) is 6.92 Å². The average Bonchev–Trinajstić information content (AvgIpc) is 2.51. The molecule has 1 rings (SSSR count). The number of nitrogens with one attached hydrogen (secondary N) is 1. The van der Waals surface area contributed by atoms with Gasteiger partial charge in [0.2, 0.25) is 5.91 Å². The van der Waals surface area contributed by atoms with E-state index in [2.05, 4.69) is 5.32 Å². The van der Waals surface area contributed by atoms with E-state index in [1.165, 1.54) is 0 Å². The highest BCUT2D eigenvalue weighted by Crippen LogP contribution is 2.11. The number of amides is 1. The Kier molecular flexibility index (Phi) is 7.67. The Morgan fingerprint density at radius 1 is 1.32 bits per heavy atom. The van der Waals surface area contributed by atoms with Gasteiger partial charge in [0.1, 0.15) is 18.1 Å². The van der Waals surface area contributed by atoms with Crippen LogP contribution in [-0.4, -0.2) is 35.9 Å². The predicted octanol–water partition coefficient (Wildman–Crippen LogP) is 2.03. The number of carbonyl (C=O) groups excluding carboxylic acids is 2. The van der Waals surface area contributed by atoms with E-state index in [0.717, 1.165) is 6.29 Å². The summed E-state index contributed by atoms with van der Waals surface area (Å²) < 4.78 is 5.44. The molecule has 1 aromatic rings. The average molecular weight is 307 g/mol. The minimum absolute atomic E-state index is 0.208. The van der Waals surface area contributed by atoms with Crippen molar-refractivity contribution in [2.24, 2.45) is 0 Å². The first-order valence-electron chi connectivity index (χ1n) is 7.27. The Balaban J connectivity index is 2.26. The smallest absolute Gasteiger partial charge is 0.326 e. The number of carbonyl (C=O) groups is 3. The Hall–Kier alpha value is -2.37. The molecule has 6 nitrogen and oxygen atoms in total. The van der Waals surface area contributed by atoms with Crippen LogP contribution in [0.3, 0.4) is 0 Å². The quantitative estimate of drug-likeness (QED) is 0.509. The van der Waals surface area contributed by atoms with Crippen molar-refractivity contribution in [3.8, 4) is 5.75 Å². The highest BCUT2D eigenvalue weighted by Gasteiger charge is 2.18. The second-order valence-electron chi connectivity index (χ2n) is 4.89. The van der Waals surface area contributed by atoms with E-state index in [9.17, 15) is 14.4 Å². The largest absolute Gasteiger partial charge is 0.494 e. The molecule has 0 radical (unpaired) electrons. The van der Waals surface area contributed by atoms with Crippen LogP contribution in [-0.2, 0) is 9.59 Å². The summed E-state index contributed by atoms with van der Waals surface area (Å²) >= 11 is 0. The van der Waals surface area contributed by atoms with Gasteiger partial charge in [-0.3, -0.25) is 9.59 Å². The molecule has 0 fully saturated rings. The third-order valence-corrected chi connectivity index (χ3v) is 3.04. The first-order valence-corrected chi connectivity index (χ1v) is 7.27. The number of rotatable bonds is 10. The number of ether oxygens (including phenoxy) is 1. The van der Waals surface area contributed by atoms with Gasteiger partial charge in [-0.15, -0.1) is 0 Å². The van der Waals surface area contributed by atoms with E-state index in [0.29, 0.717) is 37.2 Å². The van der Waals surface area contributed by atoms with Gasteiger partial charge in [0.05, 0.1) is 6.61 Å². The van der Waals surface area contributed by atoms with Crippen molar-refractivity contribution < 1.29 is 24.2 Å². The van der Waals surface area contributed by atoms with Crippen LogP contribution in [0, 0.1) is 0 Å². The van der Waals surface area contributed by atoms with Gasteiger partial charge in [0.25, 0.3) is 0 Å². The Morgan fingerprint density at radius 2 is 2.00 bits per heavy atom. The molecule has 2 N–H and O–H groups in total. The van der Waals surface area contributed by atoms with E-state index in [-0.39, 0.29) is 12.3 Å². The van der Waals surface area contributed by atoms with Crippen LogP contribution < -0.4 is 10.1 Å². The van der Waals surface area contributed by atoms with Gasteiger partial charge >= 0.3 is 5.97 Å². The molecule has 0 aliphatic carbocycles. The number of benzene rings is 1. The standard InChI is InChI=1S/C16H21NO5/c1-2-4-14(16(20)21)17-15(19)5-3-10-22-13-8-6-12(11-18)7-9-13/h6-9,11,14H,2-5,10H2,1H3,(H,17,19)(H,20,21). The van der Waals surface area contributed by atoms with Gasteiger partial charge in [-0.2, -0.15) is 0 Å². The summed E-state index contributed by atoms with van der Waals surface area (Å²) in [5, 5.41) is 11.5. The van der Waals surface area contributed by atoms with Gasteiger partial charge in [0, 0.05) is 12.0 Å². The lowest BCUT2D eigenvalue weighted by Gasteiger charge is -2.13. The molecular weight excluding hydrogens is 286 g/mol. The third kappa shape index (κ3) is 6.39. The van der Waals surface area contributed by atoms with Crippen molar-refractivity contribution in [3.63, 3.8) is 0 Å². The second-order valence-corrected chi connectivity index (χ2v) is 4.89. The second kappa shape index (κ2) is 9.55. The summed E-state index contributed by atoms with van der Waals surface area (Å²) in [5.74, 6) is -0.678. The zero-order valence-electron chi connectivity index (χ0n) is 12.6. The molecule has 1 amide bonds. The molecule has 1 aromatic carbocycles. The Bertz CT molecular complexity index is 498. The highest BCUT2D eigenvalue weighted by atomic mass is 16.5. The van der Waals surface area contributed by atoms with E-state index >= 15 is 0 Å². The normalized spacial score (nSPS) is 11.5. The maximum absolute atomic E-state index is 11.7. The monoisotopic (exact) mass is 307 g/mol. The SMILES string of the molecule is CCCC(NC(=O)CCCOc1ccc(C=O)cc1)C(=O)O. The van der Waals surface area contributed by atoms with Crippen LogP contribution in [0.5, 0.6) is 5.75 Å². The minimum atomic E-state index is -1.01. The molecule has 0 spiro atoms. The third-order valence-electron chi connectivity index (χ3n) is 3.04. The summed E-state index contributed by atoms with van der Waals surface area (Å²) in [6.45, 7) is 2.21. The fraction of sp³-hybridized carbons (Fsp3) is 0.438. The molecule has 0 aliphatic heterocycles. The lowest BCUT2D eigenvalue weighted by atomic mass is 10.1. The molecule has 6 heteroatoms. The fourth-order valence-corrected chi connectivity index (χ4v) is 1.88. The van der Waals surface area contributed by atoms with Crippen molar-refractivity contribution in [2.75, 3.05) is 6.61 Å². The van der Waals surface area contributed by atoms with Gasteiger partial charge in [-0.1, -0.05) is 13.3 Å². The van der Waals surface area contributed by atoms with E-state index in [1.54, 1.807) is 24.3 Å². The Morgan fingerprint density at radius 3 is 2.55 bits per heavy atom. The highest BCUT2D eigenvalue weighted by molar-refractivity contribution is 5.83. The van der Waals surface area contributed by atoms with Crippen LogP contribution in [0.1, 0.15) is 43.0 Å². The summed E-state index contributed by atoms with van der Waals surface area (Å²) in [4.78, 5) is 33.1. The van der Waals surface area contributed by atoms with Gasteiger partial charge in [-0.05, 0) is 37.1 Å². The molecular formula is C16H21NO5. The molecule has 22 heavy (non-hydrogen) atoms. The van der Waals surface area contributed by atoms with Crippen LogP contribution in [0.4, 0.5) is 0 Å². The number of aldehydes is 1. The van der Waals surface area contributed by atoms with Crippen molar-refractivity contribution in [1.29, 1.82) is 0 Å². The maximum atomic E-state index is 11.7. The summed E-state index contributed by atoms with van der Waals surface area (Å²) in [5.41, 5.74) is 0.572. The number of hydrogen-bond donors (Lipinski definition) is 2. The molecule has 0 saturated heterocycles. The van der Waals surface area contributed by atoms with Gasteiger partial charge in [-0.25, -0.2) is 4.79 Å². The van der Waals surface area contributed by atoms with Crippen molar-refractivity contribution >= 4 is 18.2 Å². The lowest BCUT2D eigenvalue weighted by Crippen LogP contribution is -2.40. The van der Waals surface area contributed by atoms with Crippen LogP contribution >= 0.6 is 0 Å². The zero-order chi connectivity index (χ0) is 16.4. The minimum Gasteiger partial charge on any atom is -0.494 e. The molecule has 0 saturated carbocycles. The molecule has 0 bridgehead atoms. The maximum Gasteiger partial charge on any atom is 0.326 e. The zero-order valence-corrected chi connectivity index (χ0v) is 12.6. The summed E-state index contributed by atoms with van der Waals surface area (Å²) in [6.07, 6.45) is 2.56. The van der Waals surface area contributed by atoms with E-state index in [4.69, 9.17) is 9.84 Å². The van der Waals surface area contributed by atoms with Crippen LogP contribution in [0.15, 0.2) is 24.3 Å². The summed E-state index contributed by atoms with van der Waals surface area (Å²) in [6, 6.07) is 5.85. The lowest BCUT2D eigenvalue weighted by molar-refractivity contribution is -0.142. The summed E-state index contributed by atoms with van der Waals surface area (Å²) in [7, 11) is 0. The topological polar surface area (TPSA) is 92.7 Å². The number of carboxylic acids is 1. The number of carboxylic acid groups (broad SMARTS) is 1. The molecule has 0 heterocycles. The molecule has 1 atom stereocenters. The first-order chi connectivity index (χ1) is 10.6.